The number of benzene rings is 1. The number of aromatic nitrogens is 2. The van der Waals surface area contributed by atoms with Gasteiger partial charge in [0.25, 0.3) is 0 Å². The van der Waals surface area contributed by atoms with Crippen molar-refractivity contribution < 1.29 is 13.3 Å². The Morgan fingerprint density at radius 3 is 2.69 bits per heavy atom. The third kappa shape index (κ3) is 1.07. The molecule has 0 aliphatic carbocycles. The predicted molar refractivity (Wildman–Crippen MR) is 41.2 cm³/mol. The largest absolute Gasteiger partial charge is 0.318 e. The molecule has 2 nitrogen and oxygen atoms in total. The van der Waals surface area contributed by atoms with Crippen molar-refractivity contribution in [3.05, 3.63) is 29.1 Å². The summed E-state index contributed by atoms with van der Waals surface area (Å²) in [6.45, 7) is 0. The zero-order chi connectivity index (χ0) is 9.59. The van der Waals surface area contributed by atoms with Crippen molar-refractivity contribution in [2.75, 3.05) is 0 Å². The molecule has 0 bridgehead atoms. The molecule has 0 atom stereocenters. The summed E-state index contributed by atoms with van der Waals surface area (Å²) >= 11 is 5.43. The number of hydrogen-bond donors (Lipinski definition) is 0. The molecular weight excluding hydrogens is 205 g/mol. The van der Waals surface area contributed by atoms with Crippen LogP contribution in [0.4, 0.5) is 13.3 Å². The molecule has 1 heterocycles. The summed E-state index contributed by atoms with van der Waals surface area (Å²) in [5, 5.41) is -0.382. The van der Waals surface area contributed by atoms with Crippen molar-refractivity contribution in [3.63, 3.8) is 0 Å². The van der Waals surface area contributed by atoms with E-state index in [0.29, 0.717) is 0 Å². The van der Waals surface area contributed by atoms with Crippen LogP contribution in [0.25, 0.3) is 11.0 Å². The quantitative estimate of drug-likeness (QED) is 0.648. The number of fused-ring (bicyclic) bond motifs is 1. The molecule has 0 aliphatic heterocycles. The Labute approximate surface area is 75.5 Å². The van der Waals surface area contributed by atoms with Crippen molar-refractivity contribution in [2.45, 2.75) is 0 Å². The van der Waals surface area contributed by atoms with E-state index in [0.717, 1.165) is 12.1 Å². The van der Waals surface area contributed by atoms with Gasteiger partial charge in [-0.3, -0.25) is 0 Å². The van der Waals surface area contributed by atoms with Gasteiger partial charge in [-0.1, -0.05) is 16.1 Å². The molecule has 1 aromatic heterocycles. The van der Waals surface area contributed by atoms with Gasteiger partial charge in [-0.05, 0) is 12.1 Å². The Morgan fingerprint density at radius 1 is 1.31 bits per heavy atom. The van der Waals surface area contributed by atoms with E-state index in [1.165, 1.54) is 0 Å². The van der Waals surface area contributed by atoms with Gasteiger partial charge in [0.05, 0.1) is 0 Å². The second-order valence-corrected chi connectivity index (χ2v) is 2.77. The van der Waals surface area contributed by atoms with E-state index in [1.54, 1.807) is 0 Å². The van der Waals surface area contributed by atoms with E-state index >= 15 is 0 Å². The SMILES string of the molecule is Fc1ccc2c(nc(F)n2F)c1Cl. The first-order valence-corrected chi connectivity index (χ1v) is 3.67. The number of halogens is 4. The lowest BCUT2D eigenvalue weighted by atomic mass is 10.3. The Bertz CT molecular complexity index is 480. The van der Waals surface area contributed by atoms with Gasteiger partial charge in [0.2, 0.25) is 0 Å². The summed E-state index contributed by atoms with van der Waals surface area (Å²) < 4.78 is 38.1. The fraction of sp³-hybridized carbons (Fsp3) is 0. The van der Waals surface area contributed by atoms with Crippen molar-refractivity contribution in [1.29, 1.82) is 0 Å². The van der Waals surface area contributed by atoms with Crippen LogP contribution < -0.4 is 0 Å². The summed E-state index contributed by atoms with van der Waals surface area (Å²) in [7, 11) is 0. The van der Waals surface area contributed by atoms with Crippen LogP contribution in [0.3, 0.4) is 0 Å². The van der Waals surface area contributed by atoms with Gasteiger partial charge in [0, 0.05) is 0 Å². The van der Waals surface area contributed by atoms with Gasteiger partial charge in [0.1, 0.15) is 21.9 Å². The highest BCUT2D eigenvalue weighted by Crippen LogP contribution is 2.26. The maximum absolute atomic E-state index is 12.8. The van der Waals surface area contributed by atoms with Crippen LogP contribution in [-0.4, -0.2) is 9.77 Å². The molecular formula is C7H2ClF3N2. The first-order chi connectivity index (χ1) is 6.11. The third-order valence-corrected chi connectivity index (χ3v) is 1.98. The Kier molecular flexibility index (Phi) is 1.69. The van der Waals surface area contributed by atoms with Gasteiger partial charge < -0.3 is 0 Å². The first kappa shape index (κ1) is 8.37. The van der Waals surface area contributed by atoms with Crippen LogP contribution in [-0.2, 0) is 0 Å². The number of nitrogens with zero attached hydrogens (tertiary/aromatic N) is 2. The van der Waals surface area contributed by atoms with Gasteiger partial charge >= 0.3 is 6.08 Å². The lowest BCUT2D eigenvalue weighted by molar-refractivity contribution is 0.301. The number of hydrogen-bond acceptors (Lipinski definition) is 1. The van der Waals surface area contributed by atoms with Crippen LogP contribution >= 0.6 is 11.6 Å². The minimum Gasteiger partial charge on any atom is -0.205 e. The highest BCUT2D eigenvalue weighted by molar-refractivity contribution is 6.35. The molecule has 1 aromatic carbocycles. The van der Waals surface area contributed by atoms with E-state index in [-0.39, 0.29) is 20.8 Å². The molecule has 0 saturated carbocycles. The van der Waals surface area contributed by atoms with E-state index in [9.17, 15) is 13.3 Å². The summed E-state index contributed by atoms with van der Waals surface area (Å²) in [6.07, 6.45) is -1.34. The van der Waals surface area contributed by atoms with Crippen molar-refractivity contribution in [3.8, 4) is 0 Å². The van der Waals surface area contributed by atoms with Crippen molar-refractivity contribution in [2.24, 2.45) is 0 Å². The van der Waals surface area contributed by atoms with E-state index in [4.69, 9.17) is 11.6 Å². The van der Waals surface area contributed by atoms with Gasteiger partial charge in [-0.15, -0.1) is 4.79 Å². The van der Waals surface area contributed by atoms with Gasteiger partial charge in [-0.25, -0.2) is 4.39 Å². The van der Waals surface area contributed by atoms with Crippen molar-refractivity contribution in [1.82, 2.24) is 9.77 Å². The molecule has 0 N–H and O–H groups in total. The molecule has 0 saturated heterocycles. The van der Waals surface area contributed by atoms with Crippen LogP contribution in [0.5, 0.6) is 0 Å². The fourth-order valence-corrected chi connectivity index (χ4v) is 1.23. The average Bonchev–Trinajstić information content (AvgIpc) is 2.38. The molecule has 2 rings (SSSR count). The predicted octanol–water partition coefficient (Wildman–Crippen LogP) is 2.70. The second-order valence-electron chi connectivity index (χ2n) is 2.39. The van der Waals surface area contributed by atoms with Gasteiger partial charge in [0.15, 0.2) is 0 Å². The topological polar surface area (TPSA) is 17.8 Å². The zero-order valence-corrected chi connectivity index (χ0v) is 6.82. The molecule has 0 spiro atoms. The summed E-state index contributed by atoms with van der Waals surface area (Å²) in [6, 6.07) is 2.01. The Hall–Kier alpha value is -1.23. The lowest BCUT2D eigenvalue weighted by Gasteiger charge is -1.93. The molecule has 0 aliphatic rings. The third-order valence-electron chi connectivity index (χ3n) is 1.63. The smallest absolute Gasteiger partial charge is 0.205 e. The van der Waals surface area contributed by atoms with Crippen LogP contribution in [0.15, 0.2) is 12.1 Å². The first-order valence-electron chi connectivity index (χ1n) is 3.29. The standard InChI is InChI=1S/C7H2ClF3N2/c8-5-3(9)1-2-4-6(5)12-7(10)13(4)11/h1-2H. The minimum absolute atomic E-state index is 0.191. The highest BCUT2D eigenvalue weighted by Gasteiger charge is 2.14. The van der Waals surface area contributed by atoms with E-state index < -0.39 is 11.9 Å². The molecule has 2 aromatic rings. The zero-order valence-electron chi connectivity index (χ0n) is 6.06. The normalized spacial score (nSPS) is 11.1. The van der Waals surface area contributed by atoms with Crippen LogP contribution in [0.2, 0.25) is 5.02 Å². The van der Waals surface area contributed by atoms with Gasteiger partial charge in [-0.2, -0.15) is 9.37 Å². The van der Waals surface area contributed by atoms with Crippen LogP contribution in [0, 0.1) is 11.9 Å². The Morgan fingerprint density at radius 2 is 2.00 bits per heavy atom. The summed E-state index contributed by atoms with van der Waals surface area (Å²) in [5.41, 5.74) is -0.412. The summed E-state index contributed by atoms with van der Waals surface area (Å²) in [4.78, 5) is 2.83. The second kappa shape index (κ2) is 2.63. The number of imidazole rings is 1. The minimum atomic E-state index is -1.34. The molecule has 0 unspecified atom stereocenters. The average molecular weight is 207 g/mol. The molecule has 0 amide bonds. The molecule has 13 heavy (non-hydrogen) atoms. The van der Waals surface area contributed by atoms with Crippen LogP contribution in [0.1, 0.15) is 0 Å². The van der Waals surface area contributed by atoms with E-state index in [1.807, 2.05) is 0 Å². The number of rotatable bonds is 0. The molecule has 68 valence electrons. The highest BCUT2D eigenvalue weighted by atomic mass is 35.5. The Balaban J connectivity index is 2.94. The fourth-order valence-electron chi connectivity index (χ4n) is 1.03. The maximum Gasteiger partial charge on any atom is 0.318 e. The maximum atomic E-state index is 12.8. The molecule has 6 heteroatoms. The van der Waals surface area contributed by atoms with Crippen molar-refractivity contribution >= 4 is 22.6 Å². The monoisotopic (exact) mass is 206 g/mol. The summed E-state index contributed by atoms with van der Waals surface area (Å²) in [5.74, 6) is -0.757. The van der Waals surface area contributed by atoms with E-state index in [2.05, 4.69) is 4.98 Å². The molecule has 0 fully saturated rings. The lowest BCUT2D eigenvalue weighted by Crippen LogP contribution is -1.85. The molecule has 0 radical (unpaired) electrons.